The highest BCUT2D eigenvalue weighted by atomic mass is 79.9. The third-order valence-electron chi connectivity index (χ3n) is 3.10. The van der Waals surface area contributed by atoms with Crippen molar-refractivity contribution in [2.24, 2.45) is 5.92 Å². The van der Waals surface area contributed by atoms with Gasteiger partial charge >= 0.3 is 0 Å². The molecule has 1 aromatic carbocycles. The van der Waals surface area contributed by atoms with E-state index in [4.69, 9.17) is 11.6 Å². The standard InChI is InChI=1S/C12H14BrClO/c13-9-4-5-10(11(14)7-9)12(15)6-8-2-1-3-8/h4-5,7-8,12,15H,1-3,6H2. The molecule has 0 radical (unpaired) electrons. The van der Waals surface area contributed by atoms with E-state index < -0.39 is 6.10 Å². The minimum atomic E-state index is -0.407. The summed E-state index contributed by atoms with van der Waals surface area (Å²) in [7, 11) is 0. The summed E-state index contributed by atoms with van der Waals surface area (Å²) in [6, 6.07) is 5.65. The van der Waals surface area contributed by atoms with Gasteiger partial charge in [-0.25, -0.2) is 0 Å². The maximum absolute atomic E-state index is 10.0. The van der Waals surface area contributed by atoms with Crippen molar-refractivity contribution in [2.75, 3.05) is 0 Å². The lowest BCUT2D eigenvalue weighted by atomic mass is 9.80. The maximum atomic E-state index is 10.0. The van der Waals surface area contributed by atoms with Gasteiger partial charge in [-0.05, 0) is 30.0 Å². The molecule has 1 aliphatic carbocycles. The Kier molecular flexibility index (Phi) is 3.70. The van der Waals surface area contributed by atoms with Crippen LogP contribution < -0.4 is 0 Å². The van der Waals surface area contributed by atoms with Gasteiger partial charge in [0.2, 0.25) is 0 Å². The van der Waals surface area contributed by atoms with Crippen LogP contribution in [0.3, 0.4) is 0 Å². The molecule has 0 heterocycles. The van der Waals surface area contributed by atoms with Crippen molar-refractivity contribution in [3.8, 4) is 0 Å². The van der Waals surface area contributed by atoms with Gasteiger partial charge < -0.3 is 5.11 Å². The Morgan fingerprint density at radius 2 is 2.20 bits per heavy atom. The molecule has 1 aromatic rings. The van der Waals surface area contributed by atoms with Crippen LogP contribution in [0.2, 0.25) is 5.02 Å². The monoisotopic (exact) mass is 288 g/mol. The fraction of sp³-hybridized carbons (Fsp3) is 0.500. The summed E-state index contributed by atoms with van der Waals surface area (Å²) in [4.78, 5) is 0. The molecule has 15 heavy (non-hydrogen) atoms. The summed E-state index contributed by atoms with van der Waals surface area (Å²) in [5.41, 5.74) is 0.853. The van der Waals surface area contributed by atoms with E-state index in [1.54, 1.807) is 0 Å². The van der Waals surface area contributed by atoms with E-state index in [2.05, 4.69) is 15.9 Å². The van der Waals surface area contributed by atoms with E-state index in [0.717, 1.165) is 16.5 Å². The first-order chi connectivity index (χ1) is 7.16. The zero-order valence-corrected chi connectivity index (χ0v) is 10.8. The Balaban J connectivity index is 2.06. The zero-order chi connectivity index (χ0) is 10.8. The number of benzene rings is 1. The van der Waals surface area contributed by atoms with Gasteiger partial charge in [-0.3, -0.25) is 0 Å². The fourth-order valence-electron chi connectivity index (χ4n) is 1.94. The van der Waals surface area contributed by atoms with E-state index in [0.29, 0.717) is 10.9 Å². The molecule has 0 spiro atoms. The molecule has 1 N–H and O–H groups in total. The van der Waals surface area contributed by atoms with Gasteiger partial charge in [0.1, 0.15) is 0 Å². The van der Waals surface area contributed by atoms with Crippen LogP contribution in [0.4, 0.5) is 0 Å². The summed E-state index contributed by atoms with van der Waals surface area (Å²) < 4.78 is 0.951. The Morgan fingerprint density at radius 3 is 2.73 bits per heavy atom. The van der Waals surface area contributed by atoms with Crippen molar-refractivity contribution in [2.45, 2.75) is 31.8 Å². The molecule has 0 amide bonds. The van der Waals surface area contributed by atoms with Crippen LogP contribution in [-0.4, -0.2) is 5.11 Å². The SMILES string of the molecule is OC(CC1CCC1)c1ccc(Br)cc1Cl. The molecule has 1 saturated carbocycles. The third-order valence-corrected chi connectivity index (χ3v) is 3.92. The Hall–Kier alpha value is -0.0500. The lowest BCUT2D eigenvalue weighted by Crippen LogP contribution is -2.15. The molecule has 1 fully saturated rings. The predicted octanol–water partition coefficient (Wildman–Crippen LogP) is 4.33. The van der Waals surface area contributed by atoms with Gasteiger partial charge in [0, 0.05) is 9.50 Å². The van der Waals surface area contributed by atoms with Gasteiger partial charge in [-0.2, -0.15) is 0 Å². The van der Waals surface area contributed by atoms with Gasteiger partial charge in [0.15, 0.2) is 0 Å². The average molecular weight is 290 g/mol. The van der Waals surface area contributed by atoms with Gasteiger partial charge in [0.25, 0.3) is 0 Å². The summed E-state index contributed by atoms with van der Waals surface area (Å²) in [5, 5.41) is 10.7. The summed E-state index contributed by atoms with van der Waals surface area (Å²) in [6.07, 6.45) is 4.26. The van der Waals surface area contributed by atoms with Crippen LogP contribution in [-0.2, 0) is 0 Å². The molecule has 0 saturated heterocycles. The molecule has 1 atom stereocenters. The Labute approximate surface area is 104 Å². The smallest absolute Gasteiger partial charge is 0.0807 e. The topological polar surface area (TPSA) is 20.2 Å². The molecular formula is C12H14BrClO. The molecule has 0 aromatic heterocycles. The largest absolute Gasteiger partial charge is 0.388 e. The molecule has 0 aliphatic heterocycles. The van der Waals surface area contributed by atoms with E-state index in [1.165, 1.54) is 19.3 Å². The first kappa shape index (κ1) is 11.4. The van der Waals surface area contributed by atoms with Crippen LogP contribution in [0.25, 0.3) is 0 Å². The number of aliphatic hydroxyl groups is 1. The summed E-state index contributed by atoms with van der Waals surface area (Å²) in [5.74, 6) is 0.694. The average Bonchev–Trinajstić information content (AvgIpc) is 2.11. The maximum Gasteiger partial charge on any atom is 0.0807 e. The second-order valence-electron chi connectivity index (χ2n) is 4.21. The van der Waals surface area contributed by atoms with Crippen molar-refractivity contribution >= 4 is 27.5 Å². The highest BCUT2D eigenvalue weighted by molar-refractivity contribution is 9.10. The Bertz CT molecular complexity index is 349. The van der Waals surface area contributed by atoms with E-state index in [-0.39, 0.29) is 0 Å². The van der Waals surface area contributed by atoms with Crippen LogP contribution in [0.5, 0.6) is 0 Å². The predicted molar refractivity (Wildman–Crippen MR) is 66.1 cm³/mol. The van der Waals surface area contributed by atoms with Gasteiger partial charge in [-0.1, -0.05) is 52.9 Å². The van der Waals surface area contributed by atoms with Crippen molar-refractivity contribution in [3.05, 3.63) is 33.3 Å². The number of halogens is 2. The molecule has 1 unspecified atom stereocenters. The highest BCUT2D eigenvalue weighted by Gasteiger charge is 2.22. The summed E-state index contributed by atoms with van der Waals surface area (Å²) in [6.45, 7) is 0. The highest BCUT2D eigenvalue weighted by Crippen LogP contribution is 2.36. The van der Waals surface area contributed by atoms with Crippen LogP contribution >= 0.6 is 27.5 Å². The lowest BCUT2D eigenvalue weighted by molar-refractivity contribution is 0.118. The van der Waals surface area contributed by atoms with Crippen molar-refractivity contribution in [1.29, 1.82) is 0 Å². The van der Waals surface area contributed by atoms with Crippen molar-refractivity contribution in [3.63, 3.8) is 0 Å². The minimum Gasteiger partial charge on any atom is -0.388 e. The zero-order valence-electron chi connectivity index (χ0n) is 8.42. The third kappa shape index (κ3) is 2.74. The number of aliphatic hydroxyl groups excluding tert-OH is 1. The second kappa shape index (κ2) is 4.86. The van der Waals surface area contributed by atoms with E-state index in [1.807, 2.05) is 18.2 Å². The van der Waals surface area contributed by atoms with Gasteiger partial charge in [-0.15, -0.1) is 0 Å². The molecular weight excluding hydrogens is 275 g/mol. The molecule has 1 aliphatic rings. The van der Waals surface area contributed by atoms with Crippen molar-refractivity contribution < 1.29 is 5.11 Å². The van der Waals surface area contributed by atoms with Crippen molar-refractivity contribution in [1.82, 2.24) is 0 Å². The molecule has 82 valence electrons. The number of hydrogen-bond donors (Lipinski definition) is 1. The van der Waals surface area contributed by atoms with Crippen LogP contribution in [0, 0.1) is 5.92 Å². The quantitative estimate of drug-likeness (QED) is 0.878. The molecule has 0 bridgehead atoms. The summed E-state index contributed by atoms with van der Waals surface area (Å²) >= 11 is 9.43. The van der Waals surface area contributed by atoms with Crippen LogP contribution in [0.1, 0.15) is 37.4 Å². The molecule has 3 heteroatoms. The second-order valence-corrected chi connectivity index (χ2v) is 5.54. The molecule has 2 rings (SSSR count). The fourth-order valence-corrected chi connectivity index (χ4v) is 2.74. The first-order valence-corrected chi connectivity index (χ1v) is 6.47. The van der Waals surface area contributed by atoms with Gasteiger partial charge in [0.05, 0.1) is 6.10 Å². The van der Waals surface area contributed by atoms with E-state index in [9.17, 15) is 5.11 Å². The minimum absolute atomic E-state index is 0.407. The normalized spacial score (nSPS) is 18.6. The Morgan fingerprint density at radius 1 is 1.47 bits per heavy atom. The number of rotatable bonds is 3. The first-order valence-electron chi connectivity index (χ1n) is 5.30. The lowest BCUT2D eigenvalue weighted by Gasteiger charge is -2.27. The van der Waals surface area contributed by atoms with Crippen LogP contribution in [0.15, 0.2) is 22.7 Å². The van der Waals surface area contributed by atoms with E-state index >= 15 is 0 Å². The molecule has 1 nitrogen and oxygen atoms in total. The number of hydrogen-bond acceptors (Lipinski definition) is 1.